The van der Waals surface area contributed by atoms with Crippen molar-refractivity contribution in [1.82, 2.24) is 4.90 Å². The van der Waals surface area contributed by atoms with Gasteiger partial charge in [-0.3, -0.25) is 4.79 Å². The number of halogens is 3. The van der Waals surface area contributed by atoms with Gasteiger partial charge >= 0.3 is 0 Å². The van der Waals surface area contributed by atoms with Gasteiger partial charge in [0.15, 0.2) is 0 Å². The number of rotatable bonds is 7. The lowest BCUT2D eigenvalue weighted by Crippen LogP contribution is -2.41. The van der Waals surface area contributed by atoms with Crippen LogP contribution >= 0.6 is 12.4 Å². The predicted octanol–water partition coefficient (Wildman–Crippen LogP) is 4.04. The van der Waals surface area contributed by atoms with Crippen LogP contribution in [-0.4, -0.2) is 23.8 Å². The molecule has 0 radical (unpaired) electrons. The summed E-state index contributed by atoms with van der Waals surface area (Å²) in [5, 5.41) is 0. The van der Waals surface area contributed by atoms with Crippen LogP contribution in [0.4, 0.5) is 8.78 Å². The largest absolute Gasteiger partial charge is 0.332 e. The van der Waals surface area contributed by atoms with Crippen LogP contribution in [0, 0.1) is 5.92 Å². The fourth-order valence-electron chi connectivity index (χ4n) is 2.61. The van der Waals surface area contributed by atoms with Gasteiger partial charge < -0.3 is 10.6 Å². The molecule has 2 N–H and O–H groups in total. The molecule has 0 heterocycles. The standard InChI is InChI=1S/C19H22F2N2O.ClH/c1-14(18(22)16-10-6-3-7-11-16)19(24)23(13-17(20)21)12-15-8-4-2-5-9-15;/h2-11,14,17-18H,12-13,22H2,1H3;1H. The molecular formula is C19H23ClF2N2O. The van der Waals surface area contributed by atoms with E-state index in [1.54, 1.807) is 6.92 Å². The lowest BCUT2D eigenvalue weighted by Gasteiger charge is -2.28. The Kier molecular flexibility index (Phi) is 8.52. The Morgan fingerprint density at radius 1 is 1.04 bits per heavy atom. The van der Waals surface area contributed by atoms with E-state index in [1.165, 1.54) is 4.90 Å². The van der Waals surface area contributed by atoms with Crippen molar-refractivity contribution in [3.05, 3.63) is 71.8 Å². The molecule has 3 nitrogen and oxygen atoms in total. The molecule has 2 atom stereocenters. The van der Waals surface area contributed by atoms with Crippen LogP contribution in [0.25, 0.3) is 0 Å². The highest BCUT2D eigenvalue weighted by Crippen LogP contribution is 2.22. The maximum absolute atomic E-state index is 12.9. The second kappa shape index (κ2) is 10.1. The number of carbonyl (C=O) groups is 1. The summed E-state index contributed by atoms with van der Waals surface area (Å²) >= 11 is 0. The van der Waals surface area contributed by atoms with Gasteiger partial charge in [0.25, 0.3) is 6.43 Å². The number of benzene rings is 2. The van der Waals surface area contributed by atoms with Crippen molar-refractivity contribution in [3.8, 4) is 0 Å². The molecule has 2 unspecified atom stereocenters. The first-order valence-corrected chi connectivity index (χ1v) is 7.90. The smallest absolute Gasteiger partial charge is 0.255 e. The molecule has 0 spiro atoms. The average molecular weight is 369 g/mol. The minimum Gasteiger partial charge on any atom is -0.332 e. The summed E-state index contributed by atoms with van der Waals surface area (Å²) in [6.07, 6.45) is -2.59. The predicted molar refractivity (Wildman–Crippen MR) is 97.6 cm³/mol. The minimum atomic E-state index is -2.59. The van der Waals surface area contributed by atoms with E-state index in [2.05, 4.69) is 0 Å². The first kappa shape index (κ1) is 21.1. The molecule has 6 heteroatoms. The summed E-state index contributed by atoms with van der Waals surface area (Å²) < 4.78 is 25.8. The molecule has 0 saturated carbocycles. The summed E-state index contributed by atoms with van der Waals surface area (Å²) in [4.78, 5) is 13.9. The number of hydrogen-bond donors (Lipinski definition) is 1. The Morgan fingerprint density at radius 2 is 1.56 bits per heavy atom. The van der Waals surface area contributed by atoms with Crippen LogP contribution in [-0.2, 0) is 11.3 Å². The molecule has 2 rings (SSSR count). The molecule has 0 aromatic heterocycles. The minimum absolute atomic E-state index is 0. The number of amides is 1. The van der Waals surface area contributed by atoms with Gasteiger partial charge in [0.05, 0.1) is 12.5 Å². The maximum atomic E-state index is 12.9. The van der Waals surface area contributed by atoms with Gasteiger partial charge in [-0.15, -0.1) is 12.4 Å². The van der Waals surface area contributed by atoms with Crippen LogP contribution in [0.1, 0.15) is 24.1 Å². The normalized spacial score (nSPS) is 13.0. The zero-order valence-electron chi connectivity index (χ0n) is 14.0. The van der Waals surface area contributed by atoms with Crippen LogP contribution in [0.15, 0.2) is 60.7 Å². The summed E-state index contributed by atoms with van der Waals surface area (Å²) in [5.41, 5.74) is 7.79. The van der Waals surface area contributed by atoms with E-state index < -0.39 is 24.9 Å². The van der Waals surface area contributed by atoms with E-state index in [4.69, 9.17) is 5.73 Å². The molecule has 2 aromatic rings. The molecule has 0 bridgehead atoms. The van der Waals surface area contributed by atoms with Gasteiger partial charge in [0.1, 0.15) is 0 Å². The van der Waals surface area contributed by atoms with Gasteiger partial charge in [0.2, 0.25) is 5.91 Å². The van der Waals surface area contributed by atoms with E-state index in [0.717, 1.165) is 11.1 Å². The number of nitrogens with two attached hydrogens (primary N) is 1. The van der Waals surface area contributed by atoms with Crippen molar-refractivity contribution in [2.45, 2.75) is 25.9 Å². The molecule has 136 valence electrons. The van der Waals surface area contributed by atoms with Crippen LogP contribution in [0.2, 0.25) is 0 Å². The van der Waals surface area contributed by atoms with E-state index in [-0.39, 0.29) is 24.9 Å². The lowest BCUT2D eigenvalue weighted by atomic mass is 9.94. The van der Waals surface area contributed by atoms with Gasteiger partial charge in [-0.25, -0.2) is 8.78 Å². The van der Waals surface area contributed by atoms with Crippen molar-refractivity contribution in [2.24, 2.45) is 11.7 Å². The van der Waals surface area contributed by atoms with Crippen LogP contribution in [0.3, 0.4) is 0 Å². The summed E-state index contributed by atoms with van der Waals surface area (Å²) in [7, 11) is 0. The van der Waals surface area contributed by atoms with E-state index in [9.17, 15) is 13.6 Å². The number of alkyl halides is 2. The Hall–Kier alpha value is -1.98. The SMILES string of the molecule is CC(C(=O)N(Cc1ccccc1)CC(F)F)C(N)c1ccccc1.Cl. The Bertz CT molecular complexity index is 640. The summed E-state index contributed by atoms with van der Waals surface area (Å²) in [5.74, 6) is -0.953. The average Bonchev–Trinajstić information content (AvgIpc) is 2.60. The van der Waals surface area contributed by atoms with E-state index in [0.29, 0.717) is 0 Å². The van der Waals surface area contributed by atoms with E-state index >= 15 is 0 Å². The number of carbonyl (C=O) groups excluding carboxylic acids is 1. The Balaban J connectivity index is 0.00000312. The van der Waals surface area contributed by atoms with Crippen LogP contribution in [0.5, 0.6) is 0 Å². The van der Waals surface area contributed by atoms with Gasteiger partial charge in [-0.05, 0) is 11.1 Å². The van der Waals surface area contributed by atoms with Crippen molar-refractivity contribution >= 4 is 18.3 Å². The highest BCUT2D eigenvalue weighted by molar-refractivity contribution is 5.85. The fraction of sp³-hybridized carbons (Fsp3) is 0.316. The third-order valence-electron chi connectivity index (χ3n) is 4.00. The van der Waals surface area contributed by atoms with Gasteiger partial charge in [0, 0.05) is 12.6 Å². The Labute approximate surface area is 153 Å². The zero-order valence-corrected chi connectivity index (χ0v) is 14.8. The Morgan fingerprint density at radius 3 is 2.08 bits per heavy atom. The van der Waals surface area contributed by atoms with Gasteiger partial charge in [-0.2, -0.15) is 0 Å². The molecule has 2 aromatic carbocycles. The van der Waals surface area contributed by atoms with Crippen molar-refractivity contribution in [1.29, 1.82) is 0 Å². The van der Waals surface area contributed by atoms with Crippen molar-refractivity contribution < 1.29 is 13.6 Å². The van der Waals surface area contributed by atoms with Gasteiger partial charge in [-0.1, -0.05) is 67.6 Å². The highest BCUT2D eigenvalue weighted by atomic mass is 35.5. The van der Waals surface area contributed by atoms with E-state index in [1.807, 2.05) is 60.7 Å². The molecule has 0 aliphatic carbocycles. The lowest BCUT2D eigenvalue weighted by molar-refractivity contribution is -0.138. The molecule has 0 fully saturated rings. The zero-order chi connectivity index (χ0) is 17.5. The molecule has 25 heavy (non-hydrogen) atoms. The van der Waals surface area contributed by atoms with Crippen molar-refractivity contribution in [2.75, 3.05) is 6.54 Å². The van der Waals surface area contributed by atoms with Crippen LogP contribution < -0.4 is 5.73 Å². The monoisotopic (exact) mass is 368 g/mol. The fourth-order valence-corrected chi connectivity index (χ4v) is 2.61. The topological polar surface area (TPSA) is 46.3 Å². The quantitative estimate of drug-likeness (QED) is 0.801. The summed E-state index contributed by atoms with van der Waals surface area (Å²) in [6, 6.07) is 17.8. The highest BCUT2D eigenvalue weighted by Gasteiger charge is 2.28. The first-order valence-electron chi connectivity index (χ1n) is 7.90. The number of nitrogens with zero attached hydrogens (tertiary/aromatic N) is 1. The second-order valence-electron chi connectivity index (χ2n) is 5.82. The molecule has 0 saturated heterocycles. The molecule has 0 aliphatic heterocycles. The first-order chi connectivity index (χ1) is 11.5. The van der Waals surface area contributed by atoms with Crippen molar-refractivity contribution in [3.63, 3.8) is 0 Å². The maximum Gasteiger partial charge on any atom is 0.255 e. The third kappa shape index (κ3) is 6.11. The number of hydrogen-bond acceptors (Lipinski definition) is 2. The molecule has 0 aliphatic rings. The molecular weight excluding hydrogens is 346 g/mol. The third-order valence-corrected chi connectivity index (χ3v) is 4.00. The molecule has 1 amide bonds. The summed E-state index contributed by atoms with van der Waals surface area (Å²) in [6.45, 7) is 1.24. The second-order valence-corrected chi connectivity index (χ2v) is 5.82.